The lowest BCUT2D eigenvalue weighted by Gasteiger charge is -2.37. The highest BCUT2D eigenvalue weighted by atomic mass is 79.9. The molecule has 0 heterocycles. The van der Waals surface area contributed by atoms with Gasteiger partial charge < -0.3 is 4.55 Å². The van der Waals surface area contributed by atoms with Gasteiger partial charge in [0.25, 0.3) is 0 Å². The summed E-state index contributed by atoms with van der Waals surface area (Å²) in [6.45, 7) is 0. The van der Waals surface area contributed by atoms with Crippen LogP contribution in [0, 0.1) is 18.1 Å². The molecule has 13 heteroatoms. The van der Waals surface area contributed by atoms with E-state index in [0.29, 0.717) is 6.08 Å². The first-order chi connectivity index (χ1) is 15.6. The van der Waals surface area contributed by atoms with Crippen LogP contribution < -0.4 is 0 Å². The van der Waals surface area contributed by atoms with Crippen LogP contribution in [-0.4, -0.2) is 21.9 Å². The highest BCUT2D eigenvalue weighted by molar-refractivity contribution is 9.12. The van der Waals surface area contributed by atoms with Crippen LogP contribution in [0.2, 0.25) is 0 Å². The lowest BCUT2D eigenvalue weighted by Crippen LogP contribution is -2.56. The third kappa shape index (κ3) is 4.44. The first kappa shape index (κ1) is 27.2. The Morgan fingerprint density at radius 2 is 1.35 bits per heavy atom. The normalized spacial score (nSPS) is 20.9. The van der Waals surface area contributed by atoms with Gasteiger partial charge in [-0.2, -0.15) is 22.0 Å². The first-order valence-corrected chi connectivity index (χ1v) is 11.7. The highest BCUT2D eigenvalue weighted by Crippen LogP contribution is 2.58. The molecule has 0 aromatic heterocycles. The van der Waals surface area contributed by atoms with Crippen molar-refractivity contribution in [3.63, 3.8) is 0 Å². The monoisotopic (exact) mass is 639 g/mol. The molecule has 34 heavy (non-hydrogen) atoms. The minimum atomic E-state index is -6.75. The van der Waals surface area contributed by atoms with Crippen molar-refractivity contribution < 1.29 is 44.1 Å². The van der Waals surface area contributed by atoms with Crippen molar-refractivity contribution in [3.05, 3.63) is 93.2 Å². The summed E-state index contributed by atoms with van der Waals surface area (Å²) in [5, 5.41) is -6.17. The maximum atomic E-state index is 14.8. The summed E-state index contributed by atoms with van der Waals surface area (Å²) in [6.07, 6.45) is -5.02. The van der Waals surface area contributed by atoms with E-state index in [9.17, 15) is 44.1 Å². The minimum absolute atomic E-state index is 0.220. The van der Waals surface area contributed by atoms with Gasteiger partial charge in [-0.05, 0) is 12.1 Å². The second-order valence-corrected chi connectivity index (χ2v) is 10.6. The largest absolute Gasteiger partial charge is 0.607 e. The molecule has 0 N–H and O–H groups in total. The average molecular weight is 641 g/mol. The fourth-order valence-corrected chi connectivity index (χ4v) is 6.68. The van der Waals surface area contributed by atoms with E-state index in [1.165, 1.54) is 24.3 Å². The van der Waals surface area contributed by atoms with Gasteiger partial charge in [-0.15, -0.1) is 8.78 Å². The fraction of sp³-hybridized carbons (Fsp3) is 0.190. The molecule has 2 aromatic rings. The van der Waals surface area contributed by atoms with Crippen LogP contribution in [0.4, 0.5) is 39.5 Å². The molecular weight excluding hydrogens is 631 g/mol. The van der Waals surface area contributed by atoms with Crippen LogP contribution >= 0.6 is 31.9 Å². The van der Waals surface area contributed by atoms with Crippen molar-refractivity contribution in [2.45, 2.75) is 21.7 Å². The Labute approximate surface area is 207 Å². The van der Waals surface area contributed by atoms with Gasteiger partial charge in [0.1, 0.15) is 11.6 Å². The molecule has 3 rings (SSSR count). The third-order valence-corrected chi connectivity index (χ3v) is 7.73. The van der Waals surface area contributed by atoms with Crippen molar-refractivity contribution in [2.75, 3.05) is 0 Å². The van der Waals surface area contributed by atoms with Crippen molar-refractivity contribution in [1.82, 2.24) is 0 Å². The fourth-order valence-electron chi connectivity index (χ4n) is 3.21. The molecule has 1 nitrogen and oxygen atoms in total. The number of alkyl halides is 8. The quantitative estimate of drug-likeness (QED) is 0.185. The minimum Gasteiger partial charge on any atom is -0.607 e. The van der Waals surface area contributed by atoms with Crippen molar-refractivity contribution in [2.24, 2.45) is 0 Å². The maximum absolute atomic E-state index is 14.8. The standard InChI is InChI=1S/C21H10Br2F9OS/c22-11-9-16(34(33)21(31,32)19(26,27)20(28,29)30)17(12-5-1-3-7-14(12)24)18(23,10-11)13-6-2-4-8-15(13)25/h1-10H. The molecule has 0 spiro atoms. The van der Waals surface area contributed by atoms with Crippen molar-refractivity contribution in [1.29, 1.82) is 0 Å². The van der Waals surface area contributed by atoms with Crippen LogP contribution in [0.25, 0.3) is 5.57 Å². The lowest BCUT2D eigenvalue weighted by molar-refractivity contribution is -0.331. The number of allylic oxidation sites excluding steroid dienone is 3. The van der Waals surface area contributed by atoms with Crippen LogP contribution in [-0.2, 0) is 15.5 Å². The molecule has 0 amide bonds. The number of benzene rings is 2. The molecule has 1 aliphatic carbocycles. The Balaban J connectivity index is 2.40. The third-order valence-electron chi connectivity index (χ3n) is 4.78. The Bertz CT molecular complexity index is 1160. The second-order valence-electron chi connectivity index (χ2n) is 6.94. The molecule has 2 aromatic carbocycles. The molecule has 1 aliphatic rings. The van der Waals surface area contributed by atoms with Gasteiger partial charge in [0.15, 0.2) is 4.91 Å². The average Bonchev–Trinajstić information content (AvgIpc) is 2.72. The van der Waals surface area contributed by atoms with E-state index >= 15 is 0 Å². The Kier molecular flexibility index (Phi) is 7.36. The SMILES string of the molecule is [O-][S+](C1=C(c2ccccc2F)C(Br)(c2ccccc2F)[CH]C(Br)=C1)C(F)(F)C(F)(F)C(F)(F)F. The van der Waals surface area contributed by atoms with Crippen LogP contribution in [0.5, 0.6) is 0 Å². The van der Waals surface area contributed by atoms with Gasteiger partial charge in [0.05, 0.1) is 15.5 Å². The smallest absolute Gasteiger partial charge is 0.486 e. The number of rotatable bonds is 5. The van der Waals surface area contributed by atoms with Gasteiger partial charge in [-0.3, -0.25) is 0 Å². The molecule has 183 valence electrons. The molecule has 1 radical (unpaired) electrons. The number of hydrogen-bond acceptors (Lipinski definition) is 1. The molecule has 0 bridgehead atoms. The topological polar surface area (TPSA) is 23.1 Å². The molecule has 2 unspecified atom stereocenters. The summed E-state index contributed by atoms with van der Waals surface area (Å²) in [7, 11) is 0. The molecule has 0 fully saturated rings. The summed E-state index contributed by atoms with van der Waals surface area (Å²) in [5.41, 5.74) is -1.65. The predicted molar refractivity (Wildman–Crippen MR) is 116 cm³/mol. The predicted octanol–water partition coefficient (Wildman–Crippen LogP) is 8.00. The zero-order valence-corrected chi connectivity index (χ0v) is 20.2. The summed E-state index contributed by atoms with van der Waals surface area (Å²) < 4.78 is 135. The van der Waals surface area contributed by atoms with E-state index in [4.69, 9.17) is 0 Å². The zero-order valence-electron chi connectivity index (χ0n) is 16.2. The number of halogens is 11. The van der Waals surface area contributed by atoms with E-state index in [1.807, 2.05) is 0 Å². The van der Waals surface area contributed by atoms with E-state index < -0.39 is 60.5 Å². The van der Waals surface area contributed by atoms with E-state index in [0.717, 1.165) is 30.7 Å². The van der Waals surface area contributed by atoms with Gasteiger partial charge in [0.2, 0.25) is 0 Å². The van der Waals surface area contributed by atoms with Gasteiger partial charge >= 0.3 is 17.4 Å². The van der Waals surface area contributed by atoms with E-state index in [2.05, 4.69) is 31.9 Å². The Hall–Kier alpha value is -1.44. The summed E-state index contributed by atoms with van der Waals surface area (Å²) in [6, 6.07) is 8.97. The molecule has 0 saturated heterocycles. The second kappa shape index (κ2) is 9.21. The first-order valence-electron chi connectivity index (χ1n) is 8.96. The molecule has 0 saturated carbocycles. The highest BCUT2D eigenvalue weighted by Gasteiger charge is 2.80. The van der Waals surface area contributed by atoms with E-state index in [-0.39, 0.29) is 10.0 Å². The van der Waals surface area contributed by atoms with Gasteiger partial charge in [-0.1, -0.05) is 68.3 Å². The Morgan fingerprint density at radius 1 is 0.824 bits per heavy atom. The molecule has 0 aliphatic heterocycles. The van der Waals surface area contributed by atoms with Gasteiger partial charge in [-0.25, -0.2) is 8.78 Å². The maximum Gasteiger partial charge on any atom is 0.486 e. The summed E-state index contributed by atoms with van der Waals surface area (Å²) in [4.78, 5) is -1.27. The lowest BCUT2D eigenvalue weighted by atomic mass is 9.81. The molecular formula is C21H10Br2F9OS. The van der Waals surface area contributed by atoms with Crippen LogP contribution in [0.1, 0.15) is 11.1 Å². The van der Waals surface area contributed by atoms with Gasteiger partial charge in [0, 0.05) is 33.7 Å². The Morgan fingerprint density at radius 3 is 1.88 bits per heavy atom. The summed E-state index contributed by atoms with van der Waals surface area (Å²) >= 11 is 1.64. The van der Waals surface area contributed by atoms with Crippen molar-refractivity contribution in [3.8, 4) is 0 Å². The van der Waals surface area contributed by atoms with E-state index in [1.54, 1.807) is 0 Å². The zero-order chi connectivity index (χ0) is 25.7. The van der Waals surface area contributed by atoms with Crippen molar-refractivity contribution >= 4 is 48.6 Å². The molecule has 2 atom stereocenters. The number of hydrogen-bond donors (Lipinski definition) is 0. The van der Waals surface area contributed by atoms with Crippen LogP contribution in [0.3, 0.4) is 0 Å². The summed E-state index contributed by atoms with van der Waals surface area (Å²) in [5.74, 6) is -8.77. The van der Waals surface area contributed by atoms with Crippen LogP contribution in [0.15, 0.2) is 64.0 Å².